The summed E-state index contributed by atoms with van der Waals surface area (Å²) >= 11 is 0. The molecule has 0 aromatic heterocycles. The third-order valence-corrected chi connectivity index (χ3v) is 7.72. The Bertz CT molecular complexity index is 1390. The van der Waals surface area contributed by atoms with Gasteiger partial charge in [-0.2, -0.15) is 0 Å². The quantitative estimate of drug-likeness (QED) is 0.148. The predicted molar refractivity (Wildman–Crippen MR) is 177 cm³/mol. The molecule has 0 aliphatic carbocycles. The van der Waals surface area contributed by atoms with Crippen LogP contribution in [0.3, 0.4) is 0 Å². The van der Waals surface area contributed by atoms with Crippen LogP contribution in [0.15, 0.2) is 96.0 Å². The molecular formula is C36H44BN3O5. The molecule has 8 nitrogen and oxygen atoms in total. The van der Waals surface area contributed by atoms with Crippen molar-refractivity contribution < 1.29 is 24.2 Å². The van der Waals surface area contributed by atoms with Crippen LogP contribution in [-0.4, -0.2) is 60.2 Å². The van der Waals surface area contributed by atoms with Gasteiger partial charge in [-0.25, -0.2) is 0 Å². The van der Waals surface area contributed by atoms with Gasteiger partial charge in [0.05, 0.1) is 0 Å². The van der Waals surface area contributed by atoms with Crippen LogP contribution < -0.4 is 10.6 Å². The third kappa shape index (κ3) is 12.4. The van der Waals surface area contributed by atoms with Crippen LogP contribution in [0.4, 0.5) is 0 Å². The molecule has 45 heavy (non-hydrogen) atoms. The zero-order valence-corrected chi connectivity index (χ0v) is 26.3. The van der Waals surface area contributed by atoms with Crippen LogP contribution in [0, 0.1) is 11.8 Å². The molecule has 236 valence electrons. The number of carbonyl (C=O) groups is 3. The molecule has 3 aromatic carbocycles. The fourth-order valence-electron chi connectivity index (χ4n) is 5.33. The van der Waals surface area contributed by atoms with Crippen molar-refractivity contribution in [3.8, 4) is 0 Å². The first kappa shape index (κ1) is 35.2. The number of benzene rings is 3. The summed E-state index contributed by atoms with van der Waals surface area (Å²) < 4.78 is 11.1. The number of rotatable bonds is 18. The average Bonchev–Trinajstić information content (AvgIpc) is 3.03. The molecule has 0 spiro atoms. The first-order valence-electron chi connectivity index (χ1n) is 15.5. The number of carbonyl (C=O) groups excluding carboxylic acids is 3. The average molecular weight is 610 g/mol. The summed E-state index contributed by atoms with van der Waals surface area (Å²) in [5, 5.41) is 17.2. The van der Waals surface area contributed by atoms with E-state index >= 15 is 0 Å². The van der Waals surface area contributed by atoms with Crippen molar-refractivity contribution in [2.75, 3.05) is 0 Å². The van der Waals surface area contributed by atoms with Crippen molar-refractivity contribution in [3.05, 3.63) is 108 Å². The van der Waals surface area contributed by atoms with Crippen LogP contribution in [0.25, 0.3) is 0 Å². The number of ketones is 1. The third-order valence-electron chi connectivity index (χ3n) is 7.72. The van der Waals surface area contributed by atoms with Gasteiger partial charge in [0, 0.05) is 0 Å². The SMILES string of the molecule is CC(=O)[C@H](Cc1ccccc1)NC(=O)[C@H](CC(C)C)NC(=O)[C@H](Cc1ccccc1)C[C@@H](O)[C@H](Cc1ccccc1)N=CB=O. The maximum atomic E-state index is 13.9. The van der Waals surface area contributed by atoms with Gasteiger partial charge in [0.2, 0.25) is 0 Å². The van der Waals surface area contributed by atoms with Crippen LogP contribution in [0.5, 0.6) is 0 Å². The van der Waals surface area contributed by atoms with Gasteiger partial charge in [-0.1, -0.05) is 30.3 Å². The Labute approximate surface area is 267 Å². The molecule has 0 heterocycles. The topological polar surface area (TPSA) is 125 Å². The van der Waals surface area contributed by atoms with Crippen molar-refractivity contribution in [1.82, 2.24) is 10.6 Å². The second-order valence-corrected chi connectivity index (χ2v) is 11.9. The standard InChI is InChI=1S/C36H44BN3O5/c1-25(2)19-33(36(44)39-31(26(3)41)21-28-15-9-5-10-16-28)40-35(43)30(20-27-13-7-4-8-14-27)23-34(42)32(38-24-37-45)22-29-17-11-6-12-18-29/h4-18,24-25,30-34,42H,19-23H2,1-3H3,(H,39,44)(H,40,43)/t30-,31+,32+,33+,34-/m1/s1. The van der Waals surface area contributed by atoms with E-state index in [1.807, 2.05) is 105 Å². The number of aliphatic hydroxyl groups is 1. The van der Waals surface area contributed by atoms with E-state index in [0.29, 0.717) is 32.8 Å². The summed E-state index contributed by atoms with van der Waals surface area (Å²) in [5.74, 6) is -1.59. The monoisotopic (exact) mass is 609 g/mol. The molecule has 5 atom stereocenters. The van der Waals surface area contributed by atoms with Crippen LogP contribution in [-0.2, 0) is 38.4 Å². The van der Waals surface area contributed by atoms with Gasteiger partial charge >= 0.3 is 207 Å². The Morgan fingerprint density at radius 3 is 1.71 bits per heavy atom. The number of hydrogen-bond acceptors (Lipinski definition) is 6. The fourth-order valence-corrected chi connectivity index (χ4v) is 5.33. The van der Waals surface area contributed by atoms with Gasteiger partial charge in [0.15, 0.2) is 5.78 Å². The van der Waals surface area contributed by atoms with E-state index in [1.165, 1.54) is 6.92 Å². The number of nitrogens with one attached hydrogen (secondary N) is 2. The molecule has 0 fully saturated rings. The molecule has 3 aromatic rings. The normalized spacial score (nSPS) is 14.6. The maximum absolute atomic E-state index is 13.9. The Morgan fingerprint density at radius 2 is 1.22 bits per heavy atom. The summed E-state index contributed by atoms with van der Waals surface area (Å²) in [4.78, 5) is 44.3. The van der Waals surface area contributed by atoms with E-state index in [0.717, 1.165) is 22.8 Å². The summed E-state index contributed by atoms with van der Waals surface area (Å²) in [6, 6.07) is 26.2. The molecule has 0 radical (unpaired) electrons. The van der Waals surface area contributed by atoms with Gasteiger partial charge in [-0.15, -0.1) is 0 Å². The number of aliphatic hydroxyl groups excluding tert-OH is 1. The number of hydrogen-bond donors (Lipinski definition) is 3. The van der Waals surface area contributed by atoms with Gasteiger partial charge in [0.1, 0.15) is 0 Å². The molecule has 3 N–H and O–H groups in total. The minimum atomic E-state index is -1.04. The molecule has 0 saturated heterocycles. The summed E-state index contributed by atoms with van der Waals surface area (Å²) in [7, 11) is 0.570. The van der Waals surface area contributed by atoms with Crippen molar-refractivity contribution in [2.24, 2.45) is 16.8 Å². The Morgan fingerprint density at radius 1 is 0.733 bits per heavy atom. The van der Waals surface area contributed by atoms with Crippen LogP contribution in [0.1, 0.15) is 50.3 Å². The van der Waals surface area contributed by atoms with Gasteiger partial charge in [0.25, 0.3) is 0 Å². The van der Waals surface area contributed by atoms with Gasteiger partial charge in [-0.3, -0.25) is 4.79 Å². The van der Waals surface area contributed by atoms with E-state index in [1.54, 1.807) is 0 Å². The molecule has 0 saturated carbocycles. The van der Waals surface area contributed by atoms with Crippen LogP contribution in [0.2, 0.25) is 0 Å². The fraction of sp³-hybridized carbons (Fsp3) is 0.389. The van der Waals surface area contributed by atoms with Crippen molar-refractivity contribution in [2.45, 2.75) is 77.1 Å². The number of aliphatic imine (C=N–C) groups is 1. The predicted octanol–water partition coefficient (Wildman–Crippen LogP) is 4.13. The van der Waals surface area contributed by atoms with E-state index in [9.17, 15) is 24.2 Å². The molecular weight excluding hydrogens is 565 g/mol. The van der Waals surface area contributed by atoms with Gasteiger partial charge < -0.3 is 0 Å². The molecule has 0 aliphatic heterocycles. The second kappa shape index (κ2) is 18.5. The molecule has 3 rings (SSSR count). The summed E-state index contributed by atoms with van der Waals surface area (Å²) in [6.45, 7) is 5.37. The van der Waals surface area contributed by atoms with E-state index in [2.05, 4.69) is 15.6 Å². The van der Waals surface area contributed by atoms with Crippen LogP contribution >= 0.6 is 0 Å². The number of amides is 2. The summed E-state index contributed by atoms with van der Waals surface area (Å²) in [5.41, 5.74) is 2.77. The van der Waals surface area contributed by atoms with E-state index < -0.39 is 36.1 Å². The Hall–Kier alpha value is -4.24. The summed E-state index contributed by atoms with van der Waals surface area (Å²) in [6.07, 6.45) is 1.59. The Kier molecular flexibility index (Phi) is 14.5. The Balaban J connectivity index is 1.81. The first-order chi connectivity index (χ1) is 21.7. The minimum absolute atomic E-state index is 0.0640. The van der Waals surface area contributed by atoms with E-state index in [4.69, 9.17) is 0 Å². The van der Waals surface area contributed by atoms with Crippen molar-refractivity contribution in [1.29, 1.82) is 0 Å². The second-order valence-electron chi connectivity index (χ2n) is 11.9. The molecule has 0 aliphatic rings. The molecule has 2 amide bonds. The number of nitrogens with zero attached hydrogens (tertiary/aromatic N) is 1. The first-order valence-corrected chi connectivity index (χ1v) is 15.5. The number of Topliss-reactive ketones (excluding diaryl/α,β-unsaturated/α-hetero) is 1. The molecule has 0 unspecified atom stereocenters. The van der Waals surface area contributed by atoms with Gasteiger partial charge in [-0.05, 0) is 18.9 Å². The van der Waals surface area contributed by atoms with Crippen molar-refractivity contribution >= 4 is 30.9 Å². The van der Waals surface area contributed by atoms with E-state index in [-0.39, 0.29) is 24.0 Å². The molecule has 9 heteroatoms. The zero-order chi connectivity index (χ0) is 32.6. The zero-order valence-electron chi connectivity index (χ0n) is 26.3. The molecule has 0 bridgehead atoms. The van der Waals surface area contributed by atoms with Crippen molar-refractivity contribution in [3.63, 3.8) is 0 Å².